The maximum absolute atomic E-state index is 11.5. The molecule has 0 atom stereocenters. The zero-order valence-corrected chi connectivity index (χ0v) is 10.7. The molecular weight excluding hydrogens is 297 g/mol. The Morgan fingerprint density at radius 2 is 2.31 bits per heavy atom. The minimum absolute atomic E-state index is 0.0542. The second kappa shape index (κ2) is 4.95. The lowest BCUT2D eigenvalue weighted by molar-refractivity contribution is 0.0956. The van der Waals surface area contributed by atoms with Gasteiger partial charge in [0.1, 0.15) is 0 Å². The number of carbonyl (C=O) groups excluding carboxylic acids is 1. The number of alkyl halides is 1. The van der Waals surface area contributed by atoms with Crippen molar-refractivity contribution >= 4 is 39.8 Å². The highest BCUT2D eigenvalue weighted by Gasteiger charge is 2.10. The van der Waals surface area contributed by atoms with Gasteiger partial charge in [0, 0.05) is 21.2 Å². The minimum atomic E-state index is 0.0542. The molecule has 1 N–H and O–H groups in total. The Bertz CT molecular complexity index is 309. The number of halogens is 1. The van der Waals surface area contributed by atoms with E-state index in [2.05, 4.69) is 27.9 Å². The van der Waals surface area contributed by atoms with Crippen LogP contribution >= 0.6 is 33.9 Å². The van der Waals surface area contributed by atoms with Crippen molar-refractivity contribution in [3.05, 3.63) is 21.4 Å². The summed E-state index contributed by atoms with van der Waals surface area (Å²) in [6, 6.07) is 0. The average molecular weight is 309 g/mol. The van der Waals surface area contributed by atoms with Crippen LogP contribution in [0.15, 0.2) is 5.38 Å². The molecule has 1 rings (SSSR count). The highest BCUT2D eigenvalue weighted by Crippen LogP contribution is 2.20. The number of hydrogen-bond acceptors (Lipinski definition) is 2. The van der Waals surface area contributed by atoms with Crippen LogP contribution in [0.2, 0.25) is 0 Å². The molecule has 1 amide bonds. The quantitative estimate of drug-likeness (QED) is 0.675. The maximum Gasteiger partial charge on any atom is 0.252 e. The van der Waals surface area contributed by atoms with Gasteiger partial charge in [0.15, 0.2) is 0 Å². The van der Waals surface area contributed by atoms with Crippen LogP contribution in [0.4, 0.5) is 0 Å². The predicted molar refractivity (Wildman–Crippen MR) is 65.0 cm³/mol. The average Bonchev–Trinajstić information content (AvgIpc) is 2.44. The zero-order valence-electron chi connectivity index (χ0n) is 7.69. The van der Waals surface area contributed by atoms with Gasteiger partial charge >= 0.3 is 0 Å². The molecule has 0 saturated carbocycles. The van der Waals surface area contributed by atoms with Gasteiger partial charge in [-0.2, -0.15) is 0 Å². The molecule has 0 unspecified atom stereocenters. The van der Waals surface area contributed by atoms with Crippen LogP contribution in [-0.2, 0) is 0 Å². The van der Waals surface area contributed by atoms with E-state index >= 15 is 0 Å². The SMILES string of the molecule is Cc1scc(C(=O)NCCI)c1C. The fraction of sp³-hybridized carbons (Fsp3) is 0.444. The maximum atomic E-state index is 11.5. The van der Waals surface area contributed by atoms with Gasteiger partial charge in [-0.25, -0.2) is 0 Å². The van der Waals surface area contributed by atoms with Gasteiger partial charge in [0.05, 0.1) is 5.56 Å². The summed E-state index contributed by atoms with van der Waals surface area (Å²) >= 11 is 3.87. The number of nitrogens with one attached hydrogen (secondary N) is 1. The van der Waals surface area contributed by atoms with Crippen molar-refractivity contribution in [1.82, 2.24) is 5.32 Å². The molecule has 1 aromatic rings. The zero-order chi connectivity index (χ0) is 9.84. The topological polar surface area (TPSA) is 29.1 Å². The van der Waals surface area contributed by atoms with Crippen LogP contribution in [0.3, 0.4) is 0 Å². The number of hydrogen-bond donors (Lipinski definition) is 1. The van der Waals surface area contributed by atoms with Gasteiger partial charge in [0.2, 0.25) is 0 Å². The molecule has 13 heavy (non-hydrogen) atoms. The van der Waals surface area contributed by atoms with Gasteiger partial charge in [0.25, 0.3) is 5.91 Å². The van der Waals surface area contributed by atoms with Crippen molar-refractivity contribution in [2.75, 3.05) is 11.0 Å². The van der Waals surface area contributed by atoms with E-state index in [4.69, 9.17) is 0 Å². The molecule has 2 nitrogen and oxygen atoms in total. The molecule has 0 aliphatic heterocycles. The van der Waals surface area contributed by atoms with Gasteiger partial charge in [-0.3, -0.25) is 4.79 Å². The molecule has 0 spiro atoms. The molecule has 72 valence electrons. The standard InChI is InChI=1S/C9H12INOS/c1-6-7(2)13-5-8(6)9(12)11-4-3-10/h5H,3-4H2,1-2H3,(H,11,12). The van der Waals surface area contributed by atoms with Crippen molar-refractivity contribution in [1.29, 1.82) is 0 Å². The third-order valence-corrected chi connectivity index (χ3v) is 3.46. The fourth-order valence-corrected chi connectivity index (χ4v) is 2.13. The minimum Gasteiger partial charge on any atom is -0.351 e. The van der Waals surface area contributed by atoms with Gasteiger partial charge in [-0.05, 0) is 19.4 Å². The summed E-state index contributed by atoms with van der Waals surface area (Å²) in [5, 5.41) is 4.79. The van der Waals surface area contributed by atoms with Gasteiger partial charge < -0.3 is 5.32 Å². The number of aryl methyl sites for hydroxylation is 1. The lowest BCUT2D eigenvalue weighted by Gasteiger charge is -2.01. The van der Waals surface area contributed by atoms with Crippen molar-refractivity contribution in [3.8, 4) is 0 Å². The van der Waals surface area contributed by atoms with E-state index in [9.17, 15) is 4.79 Å². The van der Waals surface area contributed by atoms with E-state index in [1.807, 2.05) is 19.2 Å². The molecule has 1 aromatic heterocycles. The summed E-state index contributed by atoms with van der Waals surface area (Å²) in [5.74, 6) is 0.0542. The third kappa shape index (κ3) is 2.67. The Labute approximate surface area is 95.9 Å². The van der Waals surface area contributed by atoms with Gasteiger partial charge in [-0.1, -0.05) is 22.6 Å². The lowest BCUT2D eigenvalue weighted by Crippen LogP contribution is -2.25. The number of amides is 1. The Hall–Kier alpha value is -0.100. The van der Waals surface area contributed by atoms with Crippen molar-refractivity contribution < 1.29 is 4.79 Å². The van der Waals surface area contributed by atoms with Crippen LogP contribution in [0.5, 0.6) is 0 Å². The van der Waals surface area contributed by atoms with Crippen LogP contribution in [0.1, 0.15) is 20.8 Å². The summed E-state index contributed by atoms with van der Waals surface area (Å²) in [6.07, 6.45) is 0. The fourth-order valence-electron chi connectivity index (χ4n) is 0.994. The highest BCUT2D eigenvalue weighted by molar-refractivity contribution is 14.1. The Morgan fingerprint density at radius 3 is 2.77 bits per heavy atom. The summed E-state index contributed by atoms with van der Waals surface area (Å²) in [7, 11) is 0. The Balaban J connectivity index is 2.71. The molecular formula is C9H12INOS. The van der Waals surface area contributed by atoms with Crippen LogP contribution in [-0.4, -0.2) is 16.9 Å². The van der Waals surface area contributed by atoms with E-state index in [1.165, 1.54) is 4.88 Å². The summed E-state index contributed by atoms with van der Waals surface area (Å²) in [4.78, 5) is 12.8. The van der Waals surface area contributed by atoms with Gasteiger partial charge in [-0.15, -0.1) is 11.3 Å². The van der Waals surface area contributed by atoms with Crippen LogP contribution in [0, 0.1) is 13.8 Å². The van der Waals surface area contributed by atoms with Crippen molar-refractivity contribution in [2.24, 2.45) is 0 Å². The third-order valence-electron chi connectivity index (χ3n) is 1.91. The van der Waals surface area contributed by atoms with E-state index in [0.29, 0.717) is 0 Å². The normalized spacial score (nSPS) is 10.1. The molecule has 0 fully saturated rings. The van der Waals surface area contributed by atoms with Crippen molar-refractivity contribution in [3.63, 3.8) is 0 Å². The summed E-state index contributed by atoms with van der Waals surface area (Å²) in [5.41, 5.74) is 1.93. The Morgan fingerprint density at radius 1 is 1.62 bits per heavy atom. The smallest absolute Gasteiger partial charge is 0.252 e. The Kier molecular flexibility index (Phi) is 4.18. The monoisotopic (exact) mass is 309 g/mol. The highest BCUT2D eigenvalue weighted by atomic mass is 127. The van der Waals surface area contributed by atoms with Crippen molar-refractivity contribution in [2.45, 2.75) is 13.8 Å². The first-order valence-electron chi connectivity index (χ1n) is 4.05. The lowest BCUT2D eigenvalue weighted by atomic mass is 10.2. The molecule has 1 heterocycles. The molecule has 0 bridgehead atoms. The largest absolute Gasteiger partial charge is 0.351 e. The number of carbonyl (C=O) groups is 1. The van der Waals surface area contributed by atoms with E-state index in [0.717, 1.165) is 22.1 Å². The first-order chi connectivity index (χ1) is 6.16. The number of rotatable bonds is 3. The first-order valence-corrected chi connectivity index (χ1v) is 6.46. The van der Waals surface area contributed by atoms with E-state index in [1.54, 1.807) is 11.3 Å². The molecule has 0 aliphatic rings. The van der Waals surface area contributed by atoms with E-state index < -0.39 is 0 Å². The van der Waals surface area contributed by atoms with Crippen LogP contribution < -0.4 is 5.32 Å². The molecule has 0 aromatic carbocycles. The second-order valence-corrected chi connectivity index (χ2v) is 4.94. The van der Waals surface area contributed by atoms with E-state index in [-0.39, 0.29) is 5.91 Å². The number of thiophene rings is 1. The second-order valence-electron chi connectivity index (χ2n) is 2.78. The molecule has 0 aliphatic carbocycles. The molecule has 0 radical (unpaired) electrons. The first kappa shape index (κ1) is 11.0. The molecule has 4 heteroatoms. The summed E-state index contributed by atoms with van der Waals surface area (Å²) < 4.78 is 0.950. The molecule has 0 saturated heterocycles. The van der Waals surface area contributed by atoms with Crippen LogP contribution in [0.25, 0.3) is 0 Å². The summed E-state index contributed by atoms with van der Waals surface area (Å²) in [6.45, 7) is 4.77. The predicted octanol–water partition coefficient (Wildman–Crippen LogP) is 2.53.